The second kappa shape index (κ2) is 9.36. The molecule has 9 heteroatoms. The molecule has 168 valence electrons. The largest absolute Gasteiger partial charge is 0.493 e. The van der Waals surface area contributed by atoms with Crippen LogP contribution in [-0.4, -0.2) is 37.8 Å². The molecule has 0 bridgehead atoms. The molecule has 1 atom stereocenters. The highest BCUT2D eigenvalue weighted by Gasteiger charge is 2.31. The maximum atomic E-state index is 12.7. The molecule has 0 spiro atoms. The number of aromatic nitrogens is 1. The quantitative estimate of drug-likeness (QED) is 0.344. The highest BCUT2D eigenvalue weighted by Crippen LogP contribution is 2.47. The predicted octanol–water partition coefficient (Wildman–Crippen LogP) is 4.80. The van der Waals surface area contributed by atoms with E-state index in [1.165, 1.54) is 30.5 Å². The summed E-state index contributed by atoms with van der Waals surface area (Å²) in [6.07, 6.45) is 1.61. The van der Waals surface area contributed by atoms with Crippen LogP contribution in [0.3, 0.4) is 0 Å². The molecule has 3 aromatic rings. The minimum atomic E-state index is -0.640. The Bertz CT molecular complexity index is 1220. The fourth-order valence-corrected chi connectivity index (χ4v) is 4.73. The molecular weight excluding hydrogens is 454 g/mol. The van der Waals surface area contributed by atoms with Crippen molar-refractivity contribution in [2.75, 3.05) is 27.4 Å². The number of halogens is 1. The summed E-state index contributed by atoms with van der Waals surface area (Å²) in [5.74, 6) is 1.24. The van der Waals surface area contributed by atoms with Crippen molar-refractivity contribution in [2.24, 2.45) is 0 Å². The van der Waals surface area contributed by atoms with Crippen molar-refractivity contribution >= 4 is 28.7 Å². The summed E-state index contributed by atoms with van der Waals surface area (Å²) < 4.78 is 24.6. The van der Waals surface area contributed by atoms with Crippen LogP contribution in [0.25, 0.3) is 11.3 Å². The van der Waals surface area contributed by atoms with Gasteiger partial charge in [-0.1, -0.05) is 11.6 Å². The third-order valence-corrected chi connectivity index (χ3v) is 6.50. The van der Waals surface area contributed by atoms with Crippen LogP contribution in [-0.2, 0) is 4.74 Å². The fourth-order valence-electron chi connectivity index (χ4n) is 3.56. The number of pyridine rings is 1. The molecule has 3 heterocycles. The lowest BCUT2D eigenvalue weighted by atomic mass is 10.0. The first kappa shape index (κ1) is 22.4. The molecule has 1 aliphatic heterocycles. The van der Waals surface area contributed by atoms with Crippen molar-refractivity contribution in [1.29, 1.82) is 0 Å². The zero-order valence-electron chi connectivity index (χ0n) is 17.8. The minimum Gasteiger partial charge on any atom is -0.493 e. The number of rotatable bonds is 8. The van der Waals surface area contributed by atoms with E-state index in [2.05, 4.69) is 0 Å². The second-order valence-corrected chi connectivity index (χ2v) is 8.55. The molecule has 0 N–H and O–H groups in total. The number of carbonyl (C=O) groups excluding carboxylic acids is 1. The van der Waals surface area contributed by atoms with Crippen molar-refractivity contribution in [3.63, 3.8) is 0 Å². The van der Waals surface area contributed by atoms with Crippen LogP contribution in [0.1, 0.15) is 34.8 Å². The molecule has 4 rings (SSSR count). The van der Waals surface area contributed by atoms with Gasteiger partial charge < -0.3 is 23.5 Å². The summed E-state index contributed by atoms with van der Waals surface area (Å²) in [6.45, 7) is 2.39. The molecular formula is C23H22ClNO6S. The van der Waals surface area contributed by atoms with Gasteiger partial charge in [-0.05, 0) is 24.4 Å². The molecule has 1 aromatic carbocycles. The van der Waals surface area contributed by atoms with Gasteiger partial charge in [-0.25, -0.2) is 0 Å². The van der Waals surface area contributed by atoms with E-state index in [1.807, 2.05) is 5.38 Å². The topological polar surface area (TPSA) is 76.0 Å². The molecule has 0 radical (unpaired) electrons. The van der Waals surface area contributed by atoms with Crippen LogP contribution in [0.2, 0.25) is 5.02 Å². The van der Waals surface area contributed by atoms with E-state index >= 15 is 0 Å². The highest BCUT2D eigenvalue weighted by molar-refractivity contribution is 7.10. The second-order valence-electron chi connectivity index (χ2n) is 7.20. The van der Waals surface area contributed by atoms with Gasteiger partial charge in [0.05, 0.1) is 34.9 Å². The van der Waals surface area contributed by atoms with Gasteiger partial charge in [-0.15, -0.1) is 11.3 Å². The van der Waals surface area contributed by atoms with E-state index < -0.39 is 6.23 Å². The Balaban J connectivity index is 1.86. The summed E-state index contributed by atoms with van der Waals surface area (Å²) in [7, 11) is 3.19. The lowest BCUT2D eigenvalue weighted by molar-refractivity contribution is 0.101. The standard InChI is InChI=1S/C23H22ClNO6S/c1-13(26)15-12-25-17(10-18(15)27)14-9-20(29-3)21(30-7-4-6-28-2)11-19(14)31-23(25)22-16(24)5-8-32-22/h5,8-12,23H,4,6-7H2,1-3H3/t23-/m0/s1. The van der Waals surface area contributed by atoms with Crippen LogP contribution in [0.5, 0.6) is 17.2 Å². The van der Waals surface area contributed by atoms with Crippen LogP contribution >= 0.6 is 22.9 Å². The molecule has 0 saturated carbocycles. The Hall–Kier alpha value is -2.81. The average molecular weight is 476 g/mol. The number of fused-ring (bicyclic) bond motifs is 3. The molecule has 2 aromatic heterocycles. The van der Waals surface area contributed by atoms with E-state index in [0.717, 1.165) is 11.3 Å². The SMILES string of the molecule is COCCCOc1cc2c(cc1OC)-c1cc(=O)c(C(C)=O)cn1[C@H](c1sccc1Cl)O2. The summed E-state index contributed by atoms with van der Waals surface area (Å²) in [5.41, 5.74) is 0.984. The third kappa shape index (κ3) is 4.13. The van der Waals surface area contributed by atoms with Gasteiger partial charge in [0.2, 0.25) is 6.23 Å². The molecule has 0 amide bonds. The van der Waals surface area contributed by atoms with Crippen molar-refractivity contribution in [3.05, 3.63) is 61.5 Å². The molecule has 0 aliphatic carbocycles. The van der Waals surface area contributed by atoms with E-state index in [9.17, 15) is 9.59 Å². The van der Waals surface area contributed by atoms with Gasteiger partial charge >= 0.3 is 0 Å². The molecule has 32 heavy (non-hydrogen) atoms. The first-order chi connectivity index (χ1) is 15.4. The van der Waals surface area contributed by atoms with Crippen LogP contribution in [0.4, 0.5) is 0 Å². The number of carbonyl (C=O) groups is 1. The van der Waals surface area contributed by atoms with Gasteiger partial charge in [-0.3, -0.25) is 9.59 Å². The number of Topliss-reactive ketones (excluding diaryl/α,β-unsaturated/α-hetero) is 1. The van der Waals surface area contributed by atoms with Crippen molar-refractivity contribution in [1.82, 2.24) is 4.57 Å². The number of ether oxygens (including phenoxy) is 4. The van der Waals surface area contributed by atoms with Gasteiger partial charge in [0.15, 0.2) is 22.7 Å². The first-order valence-electron chi connectivity index (χ1n) is 9.95. The number of hydrogen-bond donors (Lipinski definition) is 0. The Morgan fingerprint density at radius 3 is 2.69 bits per heavy atom. The van der Waals surface area contributed by atoms with Crippen LogP contribution in [0.15, 0.2) is 40.6 Å². The Morgan fingerprint density at radius 2 is 2.03 bits per heavy atom. The van der Waals surface area contributed by atoms with Gasteiger partial charge in [0.25, 0.3) is 0 Å². The molecule has 7 nitrogen and oxygen atoms in total. The Labute approximate surface area is 194 Å². The molecule has 0 unspecified atom stereocenters. The smallest absolute Gasteiger partial charge is 0.213 e. The summed E-state index contributed by atoms with van der Waals surface area (Å²) in [5, 5.41) is 2.41. The normalized spacial score (nSPS) is 14.3. The Morgan fingerprint density at radius 1 is 1.22 bits per heavy atom. The number of nitrogens with zero attached hydrogens (tertiary/aromatic N) is 1. The zero-order valence-corrected chi connectivity index (χ0v) is 19.4. The number of hydrogen-bond acceptors (Lipinski definition) is 7. The summed E-state index contributed by atoms with van der Waals surface area (Å²) in [4.78, 5) is 25.4. The Kier molecular flexibility index (Phi) is 6.55. The number of ketones is 1. The zero-order chi connectivity index (χ0) is 22.8. The lowest BCUT2D eigenvalue weighted by Gasteiger charge is -2.31. The summed E-state index contributed by atoms with van der Waals surface area (Å²) >= 11 is 7.84. The van der Waals surface area contributed by atoms with Crippen LogP contribution < -0.4 is 19.6 Å². The fraction of sp³-hybridized carbons (Fsp3) is 0.304. The minimum absolute atomic E-state index is 0.0866. The predicted molar refractivity (Wildman–Crippen MR) is 123 cm³/mol. The van der Waals surface area contributed by atoms with Crippen molar-refractivity contribution in [2.45, 2.75) is 19.6 Å². The maximum Gasteiger partial charge on any atom is 0.213 e. The molecule has 0 fully saturated rings. The number of thiophene rings is 1. The first-order valence-corrected chi connectivity index (χ1v) is 11.2. The van der Waals surface area contributed by atoms with E-state index in [4.69, 9.17) is 30.5 Å². The maximum absolute atomic E-state index is 12.7. The summed E-state index contributed by atoms with van der Waals surface area (Å²) in [6, 6.07) is 6.76. The molecule has 1 aliphatic rings. The van der Waals surface area contributed by atoms with Crippen molar-refractivity contribution in [3.8, 4) is 28.5 Å². The number of benzene rings is 1. The number of methoxy groups -OCH3 is 2. The monoisotopic (exact) mass is 475 g/mol. The van der Waals surface area contributed by atoms with E-state index in [1.54, 1.807) is 37.0 Å². The molecule has 0 saturated heterocycles. The van der Waals surface area contributed by atoms with Gasteiger partial charge in [0.1, 0.15) is 5.75 Å². The highest BCUT2D eigenvalue weighted by atomic mass is 35.5. The van der Waals surface area contributed by atoms with E-state index in [0.29, 0.717) is 46.7 Å². The average Bonchev–Trinajstić information content (AvgIpc) is 3.20. The van der Waals surface area contributed by atoms with E-state index in [-0.39, 0.29) is 16.8 Å². The van der Waals surface area contributed by atoms with Crippen LogP contribution in [0, 0.1) is 0 Å². The van der Waals surface area contributed by atoms with Gasteiger partial charge in [0, 0.05) is 44.0 Å². The van der Waals surface area contributed by atoms with Gasteiger partial charge in [-0.2, -0.15) is 0 Å². The van der Waals surface area contributed by atoms with Crippen molar-refractivity contribution < 1.29 is 23.7 Å². The third-order valence-electron chi connectivity index (χ3n) is 5.11. The lowest BCUT2D eigenvalue weighted by Crippen LogP contribution is -2.27.